The smallest absolute Gasteiger partial charge is 0.142 e. The molecule has 86 valence electrons. The van der Waals surface area contributed by atoms with Gasteiger partial charge in [0.25, 0.3) is 0 Å². The van der Waals surface area contributed by atoms with Gasteiger partial charge in [0, 0.05) is 5.39 Å². The molecule has 0 saturated carbocycles. The van der Waals surface area contributed by atoms with E-state index in [2.05, 4.69) is 9.97 Å². The highest BCUT2D eigenvalue weighted by atomic mass is 16.5. The number of hydrogen-bond donors (Lipinski definition) is 1. The zero-order valence-corrected chi connectivity index (χ0v) is 10.0. The van der Waals surface area contributed by atoms with E-state index in [1.54, 1.807) is 6.92 Å². The summed E-state index contributed by atoms with van der Waals surface area (Å²) >= 11 is 0. The van der Waals surface area contributed by atoms with Gasteiger partial charge < -0.3 is 5.21 Å². The highest BCUT2D eigenvalue weighted by molar-refractivity contribution is 6.04. The van der Waals surface area contributed by atoms with E-state index in [0.717, 1.165) is 37.9 Å². The fraction of sp³-hybridized carbons (Fsp3) is 0.231. The Morgan fingerprint density at radius 2 is 1.82 bits per heavy atom. The number of benzene rings is 1. The molecule has 0 unspecified atom stereocenters. The molecule has 0 spiro atoms. The van der Waals surface area contributed by atoms with Crippen LogP contribution in [0.2, 0.25) is 0 Å². The molecule has 0 atom stereocenters. The predicted octanol–water partition coefficient (Wildman–Crippen LogP) is 2.75. The van der Waals surface area contributed by atoms with Crippen LogP contribution in [0, 0.1) is 20.8 Å². The third-order valence-corrected chi connectivity index (χ3v) is 3.13. The van der Waals surface area contributed by atoms with Crippen LogP contribution < -0.4 is 0 Å². The number of nitrogens with zero attached hydrogens (tertiary/aromatic N) is 3. The van der Waals surface area contributed by atoms with Crippen LogP contribution in [0.25, 0.3) is 21.9 Å². The molecule has 0 radical (unpaired) electrons. The highest BCUT2D eigenvalue weighted by Gasteiger charge is 2.14. The van der Waals surface area contributed by atoms with Crippen LogP contribution in [0.15, 0.2) is 18.2 Å². The van der Waals surface area contributed by atoms with Gasteiger partial charge in [-0.15, -0.1) is 0 Å². The Morgan fingerprint density at radius 3 is 2.59 bits per heavy atom. The van der Waals surface area contributed by atoms with Gasteiger partial charge in [-0.05, 0) is 26.3 Å². The summed E-state index contributed by atoms with van der Waals surface area (Å²) in [5.74, 6) is 0.582. The predicted molar refractivity (Wildman–Crippen MR) is 66.4 cm³/mol. The SMILES string of the molecule is Cc1cccc2c1nc(C)c1nc(C)n(O)c12. The molecule has 1 N–H and O–H groups in total. The van der Waals surface area contributed by atoms with Crippen LogP contribution in [0.5, 0.6) is 0 Å². The molecular weight excluding hydrogens is 214 g/mol. The highest BCUT2D eigenvalue weighted by Crippen LogP contribution is 2.27. The summed E-state index contributed by atoms with van der Waals surface area (Å²) in [7, 11) is 0. The van der Waals surface area contributed by atoms with Crippen LogP contribution in [0.3, 0.4) is 0 Å². The van der Waals surface area contributed by atoms with Crippen molar-refractivity contribution in [3.05, 3.63) is 35.3 Å². The number of hydrogen-bond acceptors (Lipinski definition) is 3. The van der Waals surface area contributed by atoms with Gasteiger partial charge in [0.15, 0.2) is 0 Å². The van der Waals surface area contributed by atoms with Crippen LogP contribution in [-0.2, 0) is 0 Å². The second-order valence-corrected chi connectivity index (χ2v) is 4.34. The first kappa shape index (κ1) is 10.1. The minimum Gasteiger partial charge on any atom is -0.427 e. The van der Waals surface area contributed by atoms with Gasteiger partial charge >= 0.3 is 0 Å². The third kappa shape index (κ3) is 1.24. The molecule has 0 aliphatic carbocycles. The Bertz CT molecular complexity index is 743. The standard InChI is InChI=1S/C13H13N3O/c1-7-5-4-6-10-11(7)14-8(2)12-13(10)16(17)9(3)15-12/h4-6,17H,1-3H3. The van der Waals surface area contributed by atoms with Gasteiger partial charge in [-0.25, -0.2) is 4.98 Å². The number of aryl methyl sites for hydroxylation is 3. The Labute approximate surface area is 98.5 Å². The first-order valence-corrected chi connectivity index (χ1v) is 5.54. The van der Waals surface area contributed by atoms with Gasteiger partial charge in [0.1, 0.15) is 16.9 Å². The molecule has 3 rings (SSSR count). The van der Waals surface area contributed by atoms with Crippen molar-refractivity contribution >= 4 is 21.9 Å². The molecule has 4 heteroatoms. The third-order valence-electron chi connectivity index (χ3n) is 3.13. The summed E-state index contributed by atoms with van der Waals surface area (Å²) in [6.07, 6.45) is 0. The number of para-hydroxylation sites is 1. The topological polar surface area (TPSA) is 50.9 Å². The van der Waals surface area contributed by atoms with E-state index >= 15 is 0 Å². The number of aromatic nitrogens is 3. The molecule has 0 fully saturated rings. The lowest BCUT2D eigenvalue weighted by molar-refractivity contribution is 0.191. The maximum Gasteiger partial charge on any atom is 0.142 e. The van der Waals surface area contributed by atoms with Gasteiger partial charge in [-0.1, -0.05) is 18.2 Å². The van der Waals surface area contributed by atoms with Gasteiger partial charge in [0.05, 0.1) is 11.2 Å². The average Bonchev–Trinajstić information content (AvgIpc) is 2.59. The Hall–Kier alpha value is -2.10. The summed E-state index contributed by atoms with van der Waals surface area (Å²) in [5.41, 5.74) is 4.38. The minimum atomic E-state index is 0.582. The van der Waals surface area contributed by atoms with Crippen LogP contribution >= 0.6 is 0 Å². The molecule has 4 nitrogen and oxygen atoms in total. The average molecular weight is 227 g/mol. The molecule has 17 heavy (non-hydrogen) atoms. The summed E-state index contributed by atoms with van der Waals surface area (Å²) in [5, 5.41) is 11.0. The van der Waals surface area contributed by atoms with Crippen molar-refractivity contribution in [2.24, 2.45) is 0 Å². The van der Waals surface area contributed by atoms with Crippen LogP contribution in [-0.4, -0.2) is 19.9 Å². The van der Waals surface area contributed by atoms with Crippen molar-refractivity contribution in [3.63, 3.8) is 0 Å². The molecular formula is C13H13N3O. The zero-order chi connectivity index (χ0) is 12.2. The number of rotatable bonds is 0. The van der Waals surface area contributed by atoms with Crippen LogP contribution in [0.4, 0.5) is 0 Å². The quantitative estimate of drug-likeness (QED) is 0.601. The molecule has 3 aromatic rings. The second-order valence-electron chi connectivity index (χ2n) is 4.34. The molecule has 0 amide bonds. The lowest BCUT2D eigenvalue weighted by Crippen LogP contribution is -1.95. The maximum atomic E-state index is 10.0. The lowest BCUT2D eigenvalue weighted by Gasteiger charge is -2.05. The molecule has 0 saturated heterocycles. The van der Waals surface area contributed by atoms with Crippen molar-refractivity contribution in [2.75, 3.05) is 0 Å². The van der Waals surface area contributed by atoms with Crippen LogP contribution in [0.1, 0.15) is 17.1 Å². The van der Waals surface area contributed by atoms with E-state index in [0.29, 0.717) is 5.82 Å². The summed E-state index contributed by atoms with van der Waals surface area (Å²) in [6.45, 7) is 5.72. The summed E-state index contributed by atoms with van der Waals surface area (Å²) < 4.78 is 1.14. The van der Waals surface area contributed by atoms with Crippen molar-refractivity contribution in [3.8, 4) is 0 Å². The fourth-order valence-corrected chi connectivity index (χ4v) is 2.24. The van der Waals surface area contributed by atoms with E-state index in [9.17, 15) is 5.21 Å². The molecule has 1 aromatic carbocycles. The van der Waals surface area contributed by atoms with Gasteiger partial charge in [-0.3, -0.25) is 4.98 Å². The van der Waals surface area contributed by atoms with Gasteiger partial charge in [-0.2, -0.15) is 4.73 Å². The monoisotopic (exact) mass is 227 g/mol. The Balaban J connectivity index is 2.67. The molecule has 2 heterocycles. The summed E-state index contributed by atoms with van der Waals surface area (Å²) in [4.78, 5) is 8.91. The van der Waals surface area contributed by atoms with E-state index in [4.69, 9.17) is 0 Å². The normalized spacial score (nSPS) is 11.5. The van der Waals surface area contributed by atoms with Crippen molar-refractivity contribution < 1.29 is 5.21 Å². The first-order valence-electron chi connectivity index (χ1n) is 5.54. The second kappa shape index (κ2) is 3.20. The van der Waals surface area contributed by atoms with E-state index < -0.39 is 0 Å². The largest absolute Gasteiger partial charge is 0.427 e. The van der Waals surface area contributed by atoms with Crippen molar-refractivity contribution in [1.29, 1.82) is 0 Å². The van der Waals surface area contributed by atoms with Gasteiger partial charge in [0.2, 0.25) is 0 Å². The minimum absolute atomic E-state index is 0.582. The number of fused-ring (bicyclic) bond motifs is 3. The lowest BCUT2D eigenvalue weighted by atomic mass is 10.1. The first-order chi connectivity index (χ1) is 8.09. The number of imidazole rings is 1. The van der Waals surface area contributed by atoms with E-state index in [1.165, 1.54) is 0 Å². The molecule has 0 bridgehead atoms. The van der Waals surface area contributed by atoms with Crippen molar-refractivity contribution in [1.82, 2.24) is 14.7 Å². The maximum absolute atomic E-state index is 10.0. The molecule has 0 aliphatic heterocycles. The zero-order valence-electron chi connectivity index (χ0n) is 10.0. The van der Waals surface area contributed by atoms with Crippen molar-refractivity contribution in [2.45, 2.75) is 20.8 Å². The summed E-state index contributed by atoms with van der Waals surface area (Å²) in [6, 6.07) is 5.95. The fourth-order valence-electron chi connectivity index (χ4n) is 2.24. The van der Waals surface area contributed by atoms with E-state index in [-0.39, 0.29) is 0 Å². The number of pyridine rings is 1. The Morgan fingerprint density at radius 1 is 1.06 bits per heavy atom. The molecule has 0 aliphatic rings. The van der Waals surface area contributed by atoms with E-state index in [1.807, 2.05) is 32.0 Å². The molecule has 2 aromatic heterocycles. The Kier molecular flexibility index (Phi) is 1.90.